The largest absolute Gasteiger partial charge is 0.394 e. The summed E-state index contributed by atoms with van der Waals surface area (Å²) in [5.41, 5.74) is 0. The normalized spacial score (nSPS) is 26.1. The molecule has 19 heteroatoms. The van der Waals surface area contributed by atoms with Gasteiger partial charge in [0, 0.05) is 6.42 Å². The van der Waals surface area contributed by atoms with E-state index in [4.69, 9.17) is 28.4 Å². The van der Waals surface area contributed by atoms with E-state index >= 15 is 0 Å². The highest BCUT2D eigenvalue weighted by atomic mass is 16.8. The predicted octanol–water partition coefficient (Wildman–Crippen LogP) is 15.2. The predicted molar refractivity (Wildman–Crippen MR) is 433 cm³/mol. The molecule has 3 aliphatic heterocycles. The zero-order valence-corrected chi connectivity index (χ0v) is 66.5. The van der Waals surface area contributed by atoms with Crippen molar-refractivity contribution in [3.8, 4) is 0 Å². The summed E-state index contributed by atoms with van der Waals surface area (Å²) in [4.78, 5) is 13.5. The van der Waals surface area contributed by atoms with Crippen molar-refractivity contribution in [3.05, 3.63) is 134 Å². The van der Waals surface area contributed by atoms with E-state index in [0.717, 1.165) is 96.3 Å². The Balaban J connectivity index is 1.39. The number of allylic oxidation sites excluding steroid dienone is 21. The maximum atomic E-state index is 13.5. The SMILES string of the molecule is CC/C=C\C/C=C\C/C=C\C/C=C\C/C=C\C/C=C\C/C=C\C/C=C\C/C=C\CCCCCC(=O)NC(COC1OC(CO)C(OC2OC(CO)C(OC3OC(CO)C(O)C(O)C3O)C(O)C2O)C(O)C1O)C(O)/C=C/CC/C=C/CCCCCCCCCCCCCCCCCCCCCCCCCCCC. The molecule has 108 heavy (non-hydrogen) atoms. The molecule has 0 radical (unpaired) electrons. The minimum atomic E-state index is -1.99. The summed E-state index contributed by atoms with van der Waals surface area (Å²) in [6.45, 7) is 1.59. The molecule has 0 aromatic rings. The van der Waals surface area contributed by atoms with Crippen molar-refractivity contribution in [2.75, 3.05) is 26.4 Å². The molecule has 3 heterocycles. The minimum absolute atomic E-state index is 0.186. The number of rotatable bonds is 66. The van der Waals surface area contributed by atoms with Crippen LogP contribution in [-0.2, 0) is 33.2 Å². The van der Waals surface area contributed by atoms with Crippen LogP contribution in [0.3, 0.4) is 0 Å². The lowest BCUT2D eigenvalue weighted by Crippen LogP contribution is -2.66. The Bertz CT molecular complexity index is 2470. The highest BCUT2D eigenvalue weighted by Gasteiger charge is 2.54. The van der Waals surface area contributed by atoms with E-state index in [1.807, 2.05) is 6.08 Å². The third-order valence-corrected chi connectivity index (χ3v) is 20.2. The highest BCUT2D eigenvalue weighted by Crippen LogP contribution is 2.33. The van der Waals surface area contributed by atoms with Crippen LogP contribution in [0.15, 0.2) is 134 Å². The number of hydrogen-bond donors (Lipinski definition) is 12. The molecule has 0 bridgehead atoms. The lowest BCUT2D eigenvalue weighted by atomic mass is 9.96. The Kier molecular flexibility index (Phi) is 61.3. The lowest BCUT2D eigenvalue weighted by molar-refractivity contribution is -0.379. The standard InChI is InChI=1S/C89H151NO18/c1-3-5-7-9-11-13-15-17-19-21-23-25-27-29-31-33-35-37-38-40-42-44-46-48-50-52-54-56-58-60-62-64-66-73(94)72(90-77(95)67-65-63-61-59-57-55-53-51-49-47-45-43-41-39-36-34-32-30-28-26-24-22-20-18-16-14-12-10-8-6-4-2)71-103-87-83(101)80(98)85(75(69-92)105-87)108-89-84(102)81(99)86(76(70-93)106-89)107-88-82(100)79(97)78(96)74(68-91)104-88/h6,8,12,14,18,20,24,26,30,32,36,39,43,45,49,51,55-58,64,66,72-76,78-89,91-94,96-102H,3-5,7,9-11,13,15-17,19,21-23,25,27-29,31,33-35,37-38,40-42,44,46-48,50,52-54,59-63,65,67-71H2,1-2H3,(H,90,95)/b8-6-,14-12-,20-18-,26-24-,32-30-,39-36-,45-43-,51-49-,57-55-,58-56+,66-64+. The highest BCUT2D eigenvalue weighted by molar-refractivity contribution is 5.76. The third kappa shape index (κ3) is 46.2. The van der Waals surface area contributed by atoms with E-state index in [9.17, 15) is 61.0 Å². The molecule has 0 saturated carbocycles. The molecule has 620 valence electrons. The summed E-state index contributed by atoms with van der Waals surface area (Å²) in [6.07, 6.45) is 70.2. The molecule has 1 amide bonds. The number of ether oxygens (including phenoxy) is 6. The van der Waals surface area contributed by atoms with Crippen molar-refractivity contribution in [2.24, 2.45) is 0 Å². The Hall–Kier alpha value is -4.07. The summed E-state index contributed by atoms with van der Waals surface area (Å²) in [6, 6.07) is -1.02. The van der Waals surface area contributed by atoms with Crippen LogP contribution >= 0.6 is 0 Å². The molecular weight excluding hydrogens is 1370 g/mol. The Morgan fingerprint density at radius 2 is 0.648 bits per heavy atom. The molecule has 3 rings (SSSR count). The van der Waals surface area contributed by atoms with Gasteiger partial charge in [-0.15, -0.1) is 0 Å². The quantitative estimate of drug-likeness (QED) is 0.0199. The number of unbranched alkanes of at least 4 members (excludes halogenated alkanes) is 30. The van der Waals surface area contributed by atoms with Crippen molar-refractivity contribution in [2.45, 2.75) is 394 Å². The molecular formula is C89H151NO18. The van der Waals surface area contributed by atoms with Crippen molar-refractivity contribution in [1.29, 1.82) is 0 Å². The van der Waals surface area contributed by atoms with E-state index in [-0.39, 0.29) is 18.9 Å². The number of amides is 1. The van der Waals surface area contributed by atoms with Gasteiger partial charge in [0.1, 0.15) is 73.2 Å². The molecule has 3 aliphatic rings. The first-order valence-corrected chi connectivity index (χ1v) is 42.4. The van der Waals surface area contributed by atoms with Gasteiger partial charge in [-0.3, -0.25) is 4.79 Å². The molecule has 0 spiro atoms. The average Bonchev–Trinajstić information content (AvgIpc) is 0.779. The molecule has 19 nitrogen and oxygen atoms in total. The number of aliphatic hydroxyl groups is 11. The van der Waals surface area contributed by atoms with Gasteiger partial charge in [-0.05, 0) is 103 Å². The van der Waals surface area contributed by atoms with Gasteiger partial charge in [0.05, 0.1) is 38.6 Å². The molecule has 17 unspecified atom stereocenters. The first-order valence-electron chi connectivity index (χ1n) is 42.4. The van der Waals surface area contributed by atoms with Crippen LogP contribution in [0.5, 0.6) is 0 Å². The van der Waals surface area contributed by atoms with Crippen LogP contribution in [0.2, 0.25) is 0 Å². The van der Waals surface area contributed by atoms with Gasteiger partial charge in [-0.2, -0.15) is 0 Å². The van der Waals surface area contributed by atoms with Gasteiger partial charge >= 0.3 is 0 Å². The third-order valence-electron chi connectivity index (χ3n) is 20.2. The van der Waals surface area contributed by atoms with Gasteiger partial charge in [-0.1, -0.05) is 314 Å². The Labute approximate surface area is 651 Å². The van der Waals surface area contributed by atoms with Gasteiger partial charge in [0.15, 0.2) is 18.9 Å². The first-order chi connectivity index (χ1) is 52.8. The molecule has 17 atom stereocenters. The van der Waals surface area contributed by atoms with Crippen LogP contribution in [-0.4, -0.2) is 193 Å². The zero-order chi connectivity index (χ0) is 78.1. The molecule has 0 aromatic heterocycles. The number of hydrogen-bond acceptors (Lipinski definition) is 18. The fourth-order valence-corrected chi connectivity index (χ4v) is 13.4. The maximum Gasteiger partial charge on any atom is 0.220 e. The lowest BCUT2D eigenvalue weighted by Gasteiger charge is -2.48. The van der Waals surface area contributed by atoms with Gasteiger partial charge < -0.3 is 89.9 Å². The first kappa shape index (κ1) is 98.1. The summed E-state index contributed by atoms with van der Waals surface area (Å²) in [5.74, 6) is -0.320. The van der Waals surface area contributed by atoms with Crippen LogP contribution in [0.1, 0.15) is 290 Å². The van der Waals surface area contributed by atoms with E-state index in [2.05, 4.69) is 141 Å². The van der Waals surface area contributed by atoms with E-state index in [1.54, 1.807) is 6.08 Å². The average molecular weight is 1520 g/mol. The number of carbonyl (C=O) groups excluding carboxylic acids is 1. The van der Waals surface area contributed by atoms with Crippen LogP contribution < -0.4 is 5.32 Å². The summed E-state index contributed by atoms with van der Waals surface area (Å²) in [7, 11) is 0. The topological polar surface area (TPSA) is 307 Å². The zero-order valence-electron chi connectivity index (χ0n) is 66.5. The second-order valence-electron chi connectivity index (χ2n) is 29.6. The summed E-state index contributed by atoms with van der Waals surface area (Å²) >= 11 is 0. The van der Waals surface area contributed by atoms with Crippen molar-refractivity contribution < 1.29 is 89.4 Å². The Morgan fingerprint density at radius 3 is 1.04 bits per heavy atom. The summed E-state index contributed by atoms with van der Waals surface area (Å²) < 4.78 is 34.4. The van der Waals surface area contributed by atoms with Crippen LogP contribution in [0.25, 0.3) is 0 Å². The smallest absolute Gasteiger partial charge is 0.220 e. The molecule has 12 N–H and O–H groups in total. The van der Waals surface area contributed by atoms with Crippen molar-refractivity contribution in [1.82, 2.24) is 5.32 Å². The number of nitrogens with one attached hydrogen (secondary N) is 1. The van der Waals surface area contributed by atoms with E-state index < -0.39 is 124 Å². The fourth-order valence-electron chi connectivity index (χ4n) is 13.4. The van der Waals surface area contributed by atoms with Crippen molar-refractivity contribution >= 4 is 5.91 Å². The molecule has 3 saturated heterocycles. The monoisotopic (exact) mass is 1520 g/mol. The van der Waals surface area contributed by atoms with Crippen molar-refractivity contribution in [3.63, 3.8) is 0 Å². The number of carbonyl (C=O) groups is 1. The Morgan fingerprint density at radius 1 is 0.343 bits per heavy atom. The minimum Gasteiger partial charge on any atom is -0.394 e. The second-order valence-corrected chi connectivity index (χ2v) is 29.6. The van der Waals surface area contributed by atoms with Gasteiger partial charge in [-0.25, -0.2) is 0 Å². The fraction of sp³-hybridized carbons (Fsp3) is 0.742. The second kappa shape index (κ2) is 67.4. The maximum absolute atomic E-state index is 13.5. The van der Waals surface area contributed by atoms with E-state index in [0.29, 0.717) is 12.8 Å². The van der Waals surface area contributed by atoms with E-state index in [1.165, 1.54) is 161 Å². The molecule has 3 fully saturated rings. The molecule has 0 aliphatic carbocycles. The molecule has 0 aromatic carbocycles. The van der Waals surface area contributed by atoms with Gasteiger partial charge in [0.2, 0.25) is 5.91 Å². The van der Waals surface area contributed by atoms with Crippen LogP contribution in [0, 0.1) is 0 Å². The van der Waals surface area contributed by atoms with Crippen LogP contribution in [0.4, 0.5) is 0 Å². The van der Waals surface area contributed by atoms with Gasteiger partial charge in [0.25, 0.3) is 0 Å². The summed E-state index contributed by atoms with van der Waals surface area (Å²) in [5, 5.41) is 121. The number of aliphatic hydroxyl groups excluding tert-OH is 11.